The first-order valence-corrected chi connectivity index (χ1v) is 7.33. The van der Waals surface area contributed by atoms with Crippen LogP contribution in [0.4, 0.5) is 17.1 Å². The van der Waals surface area contributed by atoms with Gasteiger partial charge in [-0.15, -0.1) is 0 Å². The highest BCUT2D eigenvalue weighted by molar-refractivity contribution is 6.33. The van der Waals surface area contributed by atoms with Crippen molar-refractivity contribution in [3.05, 3.63) is 62.6 Å². The lowest BCUT2D eigenvalue weighted by molar-refractivity contribution is -0.384. The molecule has 0 bridgehead atoms. The van der Waals surface area contributed by atoms with Gasteiger partial charge in [-0.05, 0) is 30.3 Å². The second kappa shape index (κ2) is 7.30. The smallest absolute Gasteiger partial charge is 0.271 e. The van der Waals surface area contributed by atoms with Gasteiger partial charge in [-0.1, -0.05) is 23.2 Å². The van der Waals surface area contributed by atoms with E-state index in [9.17, 15) is 14.9 Å². The van der Waals surface area contributed by atoms with Crippen molar-refractivity contribution < 1.29 is 9.72 Å². The topological polar surface area (TPSA) is 75.5 Å². The summed E-state index contributed by atoms with van der Waals surface area (Å²) in [6.07, 6.45) is 0. The van der Waals surface area contributed by atoms with Crippen LogP contribution >= 0.6 is 23.2 Å². The molecule has 2 aromatic rings. The van der Waals surface area contributed by atoms with Gasteiger partial charge in [0, 0.05) is 29.9 Å². The molecule has 0 spiro atoms. The van der Waals surface area contributed by atoms with Crippen LogP contribution in [0.25, 0.3) is 0 Å². The van der Waals surface area contributed by atoms with Gasteiger partial charge in [0.1, 0.15) is 0 Å². The number of nitrogens with zero attached hydrogens (tertiary/aromatic N) is 2. The highest BCUT2D eigenvalue weighted by atomic mass is 35.5. The van der Waals surface area contributed by atoms with Crippen LogP contribution in [-0.4, -0.2) is 24.4 Å². The number of rotatable bonds is 5. The molecule has 2 aromatic carbocycles. The SMILES string of the molecule is CN(CC(=O)Nc1ccc(Cl)cc1)c1ccc([N+](=O)[O-])cc1Cl. The maximum Gasteiger partial charge on any atom is 0.271 e. The summed E-state index contributed by atoms with van der Waals surface area (Å²) in [5, 5.41) is 14.2. The van der Waals surface area contributed by atoms with Crippen LogP contribution in [0.5, 0.6) is 0 Å². The molecule has 6 nitrogen and oxygen atoms in total. The van der Waals surface area contributed by atoms with E-state index in [2.05, 4.69) is 5.32 Å². The van der Waals surface area contributed by atoms with Crippen molar-refractivity contribution in [1.29, 1.82) is 0 Å². The number of nitro benzene ring substituents is 1. The fraction of sp³-hybridized carbons (Fsp3) is 0.133. The number of likely N-dealkylation sites (N-methyl/N-ethyl adjacent to an activating group) is 1. The minimum atomic E-state index is -0.525. The predicted molar refractivity (Wildman–Crippen MR) is 91.5 cm³/mol. The first-order valence-electron chi connectivity index (χ1n) is 6.57. The highest BCUT2D eigenvalue weighted by Gasteiger charge is 2.14. The predicted octanol–water partition coefficient (Wildman–Crippen LogP) is 3.98. The molecule has 2 rings (SSSR count). The van der Waals surface area contributed by atoms with Crippen molar-refractivity contribution >= 4 is 46.2 Å². The van der Waals surface area contributed by atoms with Crippen LogP contribution in [0.15, 0.2) is 42.5 Å². The minimum absolute atomic E-state index is 0.0418. The number of non-ortho nitro benzene ring substituents is 1. The van der Waals surface area contributed by atoms with Crippen LogP contribution < -0.4 is 10.2 Å². The van der Waals surface area contributed by atoms with Gasteiger partial charge in [0.15, 0.2) is 0 Å². The van der Waals surface area contributed by atoms with Crippen molar-refractivity contribution in [2.75, 3.05) is 23.8 Å². The number of benzene rings is 2. The Morgan fingerprint density at radius 1 is 1.22 bits per heavy atom. The number of halogens is 2. The van der Waals surface area contributed by atoms with Gasteiger partial charge in [-0.2, -0.15) is 0 Å². The first-order chi connectivity index (χ1) is 10.9. The van der Waals surface area contributed by atoms with Crippen molar-refractivity contribution in [3.63, 3.8) is 0 Å². The Hall–Kier alpha value is -2.31. The van der Waals surface area contributed by atoms with Gasteiger partial charge in [-0.3, -0.25) is 14.9 Å². The lowest BCUT2D eigenvalue weighted by Crippen LogP contribution is -2.30. The fourth-order valence-electron chi connectivity index (χ4n) is 1.95. The van der Waals surface area contributed by atoms with E-state index >= 15 is 0 Å². The third-order valence-electron chi connectivity index (χ3n) is 3.06. The molecular formula is C15H13Cl2N3O3. The quantitative estimate of drug-likeness (QED) is 0.651. The molecule has 1 amide bonds. The summed E-state index contributed by atoms with van der Waals surface area (Å²) in [5.41, 5.74) is 1.06. The maximum absolute atomic E-state index is 12.0. The lowest BCUT2D eigenvalue weighted by Gasteiger charge is -2.20. The van der Waals surface area contributed by atoms with Gasteiger partial charge < -0.3 is 10.2 Å². The van der Waals surface area contributed by atoms with E-state index < -0.39 is 4.92 Å². The first kappa shape index (κ1) is 17.1. The van der Waals surface area contributed by atoms with Gasteiger partial charge in [0.05, 0.1) is 22.2 Å². The van der Waals surface area contributed by atoms with Crippen molar-refractivity contribution in [2.24, 2.45) is 0 Å². The average Bonchev–Trinajstić information content (AvgIpc) is 2.49. The largest absolute Gasteiger partial charge is 0.364 e. The summed E-state index contributed by atoms with van der Waals surface area (Å²) < 4.78 is 0. The molecule has 0 aliphatic heterocycles. The van der Waals surface area contributed by atoms with Gasteiger partial charge in [0.25, 0.3) is 5.69 Å². The molecule has 0 saturated carbocycles. The zero-order valence-corrected chi connectivity index (χ0v) is 13.6. The Morgan fingerprint density at radius 2 is 1.87 bits per heavy atom. The molecule has 0 aliphatic rings. The van der Waals surface area contributed by atoms with Gasteiger partial charge >= 0.3 is 0 Å². The average molecular weight is 354 g/mol. The van der Waals surface area contributed by atoms with Crippen molar-refractivity contribution in [1.82, 2.24) is 0 Å². The molecule has 8 heteroatoms. The molecule has 0 unspecified atom stereocenters. The molecule has 1 N–H and O–H groups in total. The van der Waals surface area contributed by atoms with E-state index in [1.54, 1.807) is 36.2 Å². The Labute approximate surface area is 142 Å². The van der Waals surface area contributed by atoms with E-state index in [0.29, 0.717) is 16.4 Å². The van der Waals surface area contributed by atoms with E-state index in [0.717, 1.165) is 0 Å². The molecule has 120 valence electrons. The van der Waals surface area contributed by atoms with Crippen LogP contribution in [0.3, 0.4) is 0 Å². The summed E-state index contributed by atoms with van der Waals surface area (Å²) in [6, 6.07) is 10.8. The maximum atomic E-state index is 12.0. The van der Waals surface area contributed by atoms with Gasteiger partial charge in [-0.25, -0.2) is 0 Å². The summed E-state index contributed by atoms with van der Waals surface area (Å²) in [4.78, 5) is 23.8. The fourth-order valence-corrected chi connectivity index (χ4v) is 2.40. The number of carbonyl (C=O) groups is 1. The van der Waals surface area contributed by atoms with Crippen LogP contribution in [0.1, 0.15) is 0 Å². The summed E-state index contributed by atoms with van der Waals surface area (Å²) in [5.74, 6) is -0.246. The van der Waals surface area contributed by atoms with Crippen molar-refractivity contribution in [2.45, 2.75) is 0 Å². The van der Waals surface area contributed by atoms with Crippen LogP contribution in [0.2, 0.25) is 10.0 Å². The zero-order valence-electron chi connectivity index (χ0n) is 12.1. The van der Waals surface area contributed by atoms with Crippen LogP contribution in [-0.2, 0) is 4.79 Å². The van der Waals surface area contributed by atoms with E-state index in [1.807, 2.05) is 0 Å². The third kappa shape index (κ3) is 4.58. The Balaban J connectivity index is 2.03. The molecule has 0 aromatic heterocycles. The lowest BCUT2D eigenvalue weighted by atomic mass is 10.2. The minimum Gasteiger partial charge on any atom is -0.364 e. The molecule has 0 atom stereocenters. The summed E-state index contributed by atoms with van der Waals surface area (Å²) >= 11 is 11.8. The van der Waals surface area contributed by atoms with E-state index in [-0.39, 0.29) is 23.2 Å². The normalized spacial score (nSPS) is 10.2. The molecule has 0 saturated heterocycles. The second-order valence-electron chi connectivity index (χ2n) is 4.80. The Morgan fingerprint density at radius 3 is 2.43 bits per heavy atom. The molecule has 23 heavy (non-hydrogen) atoms. The summed E-state index contributed by atoms with van der Waals surface area (Å²) in [7, 11) is 1.68. The zero-order chi connectivity index (χ0) is 17.0. The number of anilines is 2. The van der Waals surface area contributed by atoms with Crippen LogP contribution in [0, 0.1) is 10.1 Å². The molecular weight excluding hydrogens is 341 g/mol. The number of carbonyl (C=O) groups excluding carboxylic acids is 1. The third-order valence-corrected chi connectivity index (χ3v) is 3.62. The second-order valence-corrected chi connectivity index (χ2v) is 5.65. The molecule has 0 radical (unpaired) electrons. The number of hydrogen-bond donors (Lipinski definition) is 1. The molecule has 0 aliphatic carbocycles. The number of hydrogen-bond acceptors (Lipinski definition) is 4. The number of nitrogens with one attached hydrogen (secondary N) is 1. The van der Waals surface area contributed by atoms with Crippen molar-refractivity contribution in [3.8, 4) is 0 Å². The summed E-state index contributed by atoms with van der Waals surface area (Å²) in [6.45, 7) is 0.0418. The number of amides is 1. The molecule has 0 fully saturated rings. The van der Waals surface area contributed by atoms with E-state index in [1.165, 1.54) is 18.2 Å². The van der Waals surface area contributed by atoms with E-state index in [4.69, 9.17) is 23.2 Å². The highest BCUT2D eigenvalue weighted by Crippen LogP contribution is 2.29. The Kier molecular flexibility index (Phi) is 5.41. The Bertz CT molecular complexity index is 735. The number of nitro groups is 1. The monoisotopic (exact) mass is 353 g/mol. The standard InChI is InChI=1S/C15H13Cl2N3O3/c1-19(14-7-6-12(20(22)23)8-13(14)17)9-15(21)18-11-4-2-10(16)3-5-11/h2-8H,9H2,1H3,(H,18,21). The van der Waals surface area contributed by atoms with Gasteiger partial charge in [0.2, 0.25) is 5.91 Å². The molecule has 0 heterocycles.